The van der Waals surface area contributed by atoms with E-state index in [1.807, 2.05) is 0 Å². The van der Waals surface area contributed by atoms with Crippen LogP contribution in [-0.4, -0.2) is 42.8 Å². The number of aromatic nitrogens is 4. The summed E-state index contributed by atoms with van der Waals surface area (Å²) in [7, 11) is 0.0876. The van der Waals surface area contributed by atoms with Crippen molar-refractivity contribution in [2.75, 3.05) is 18.5 Å². The number of methoxy groups -OCH3 is 2. The lowest BCUT2D eigenvalue weighted by Crippen LogP contribution is -2.32. The first-order chi connectivity index (χ1) is 17.6. The number of rotatable bonds is 9. The first kappa shape index (κ1) is 26.3. The molecule has 9 nitrogen and oxygen atoms in total. The molecule has 194 valence electrons. The predicted octanol–water partition coefficient (Wildman–Crippen LogP) is 4.15. The first-order valence-corrected chi connectivity index (χ1v) is 12.6. The summed E-state index contributed by atoms with van der Waals surface area (Å²) < 4.78 is 70.0. The highest BCUT2D eigenvalue weighted by atomic mass is 35.5. The van der Waals surface area contributed by atoms with Gasteiger partial charge in [0.2, 0.25) is 0 Å². The minimum absolute atomic E-state index is 0.113. The fourth-order valence-corrected chi connectivity index (χ4v) is 5.41. The maximum atomic E-state index is 14.5. The third kappa shape index (κ3) is 5.35. The number of tetrazole rings is 1. The maximum absolute atomic E-state index is 14.5. The van der Waals surface area contributed by atoms with Gasteiger partial charge in [0.1, 0.15) is 11.6 Å². The van der Waals surface area contributed by atoms with Crippen LogP contribution in [0.2, 0.25) is 5.02 Å². The Bertz CT molecular complexity index is 1530. The zero-order valence-electron chi connectivity index (χ0n) is 20.0. The second-order valence-corrected chi connectivity index (χ2v) is 10.2. The molecule has 0 saturated heterocycles. The Labute approximate surface area is 217 Å². The lowest BCUT2D eigenvalue weighted by molar-refractivity contribution is 0.354. The van der Waals surface area contributed by atoms with Crippen LogP contribution in [-0.2, 0) is 30.0 Å². The van der Waals surface area contributed by atoms with Gasteiger partial charge in [-0.2, -0.15) is 0 Å². The van der Waals surface area contributed by atoms with E-state index in [0.29, 0.717) is 5.75 Å². The van der Waals surface area contributed by atoms with Crippen LogP contribution in [0, 0.1) is 11.6 Å². The highest BCUT2D eigenvalue weighted by molar-refractivity contribution is 7.92. The van der Waals surface area contributed by atoms with Crippen molar-refractivity contribution in [1.82, 2.24) is 20.2 Å². The minimum atomic E-state index is -4.29. The highest BCUT2D eigenvalue weighted by Gasteiger charge is 2.30. The first-order valence-electron chi connectivity index (χ1n) is 10.8. The molecular formula is C24H22ClF2N5O4S. The summed E-state index contributed by atoms with van der Waals surface area (Å²) in [6.45, 7) is -0.283. The van der Waals surface area contributed by atoms with Crippen molar-refractivity contribution >= 4 is 27.3 Å². The molecule has 1 heterocycles. The quantitative estimate of drug-likeness (QED) is 0.309. The van der Waals surface area contributed by atoms with E-state index >= 15 is 0 Å². The van der Waals surface area contributed by atoms with E-state index in [1.165, 1.54) is 61.4 Å². The van der Waals surface area contributed by atoms with Gasteiger partial charge in [-0.3, -0.25) is 4.31 Å². The number of nitrogens with zero attached hydrogens (tertiary/aromatic N) is 5. The van der Waals surface area contributed by atoms with Crippen molar-refractivity contribution in [1.29, 1.82) is 0 Å². The molecule has 0 unspecified atom stereocenters. The van der Waals surface area contributed by atoms with Crippen molar-refractivity contribution in [3.05, 3.63) is 88.2 Å². The van der Waals surface area contributed by atoms with Crippen LogP contribution >= 0.6 is 11.6 Å². The zero-order valence-corrected chi connectivity index (χ0v) is 21.6. The van der Waals surface area contributed by atoms with E-state index in [9.17, 15) is 17.2 Å². The van der Waals surface area contributed by atoms with E-state index in [2.05, 4.69) is 15.5 Å². The van der Waals surface area contributed by atoms with Crippen molar-refractivity contribution in [2.45, 2.75) is 17.9 Å². The number of sulfonamides is 1. The van der Waals surface area contributed by atoms with Gasteiger partial charge < -0.3 is 9.47 Å². The molecule has 0 aliphatic heterocycles. The molecule has 0 saturated carbocycles. The molecule has 0 spiro atoms. The Morgan fingerprint density at radius 2 is 1.70 bits per heavy atom. The van der Waals surface area contributed by atoms with Crippen molar-refractivity contribution < 1.29 is 26.7 Å². The maximum Gasteiger partial charge on any atom is 0.264 e. The summed E-state index contributed by atoms with van der Waals surface area (Å²) >= 11 is 6.22. The number of hydrogen-bond acceptors (Lipinski definition) is 7. The van der Waals surface area contributed by atoms with Crippen LogP contribution in [0.5, 0.6) is 11.5 Å². The SMILES string of the molecule is COc1ccc(S(=O)(=O)N(Cc2nnnn2C)c2ccc(Cl)cc2Cc2c(F)cccc2F)cc1OC. The van der Waals surface area contributed by atoms with Crippen LogP contribution in [0.1, 0.15) is 17.0 Å². The molecule has 3 aromatic carbocycles. The molecule has 0 bridgehead atoms. The van der Waals surface area contributed by atoms with Gasteiger partial charge in [0, 0.05) is 30.1 Å². The third-order valence-corrected chi connectivity index (χ3v) is 7.67. The number of aryl methyl sites for hydroxylation is 1. The molecule has 0 amide bonds. The lowest BCUT2D eigenvalue weighted by Gasteiger charge is -2.27. The number of halogens is 3. The zero-order chi connectivity index (χ0) is 26.7. The number of benzene rings is 3. The van der Waals surface area contributed by atoms with E-state index in [1.54, 1.807) is 7.05 Å². The fraction of sp³-hybridized carbons (Fsp3) is 0.208. The van der Waals surface area contributed by atoms with Gasteiger partial charge in [-0.15, -0.1) is 5.10 Å². The molecular weight excluding hydrogens is 528 g/mol. The van der Waals surface area contributed by atoms with Gasteiger partial charge >= 0.3 is 0 Å². The summed E-state index contributed by atoms with van der Waals surface area (Å²) in [4.78, 5) is -0.113. The van der Waals surface area contributed by atoms with Gasteiger partial charge in [0.05, 0.1) is 31.3 Å². The Morgan fingerprint density at radius 1 is 1.00 bits per heavy atom. The van der Waals surface area contributed by atoms with Gasteiger partial charge in [-0.1, -0.05) is 17.7 Å². The van der Waals surface area contributed by atoms with Gasteiger partial charge in [0.25, 0.3) is 10.0 Å². The van der Waals surface area contributed by atoms with Crippen molar-refractivity contribution in [3.63, 3.8) is 0 Å². The molecule has 0 fully saturated rings. The summed E-state index contributed by atoms with van der Waals surface area (Å²) in [6.07, 6.45) is -0.260. The average Bonchev–Trinajstić information content (AvgIpc) is 3.29. The molecule has 0 aliphatic rings. The molecule has 0 N–H and O–H groups in total. The van der Waals surface area contributed by atoms with E-state index < -0.39 is 21.7 Å². The molecule has 13 heteroatoms. The highest BCUT2D eigenvalue weighted by Crippen LogP contribution is 2.36. The molecule has 1 aromatic heterocycles. The predicted molar refractivity (Wildman–Crippen MR) is 132 cm³/mol. The molecule has 0 aliphatic carbocycles. The fourth-order valence-electron chi connectivity index (χ4n) is 3.74. The molecule has 4 aromatic rings. The van der Waals surface area contributed by atoms with Crippen molar-refractivity contribution in [2.24, 2.45) is 7.05 Å². The van der Waals surface area contributed by atoms with E-state index in [0.717, 1.165) is 16.4 Å². The number of hydrogen-bond donors (Lipinski definition) is 0. The van der Waals surface area contributed by atoms with Crippen LogP contribution < -0.4 is 13.8 Å². The largest absolute Gasteiger partial charge is 0.493 e. The summed E-state index contributed by atoms with van der Waals surface area (Å²) in [5, 5.41) is 11.5. The monoisotopic (exact) mass is 549 g/mol. The topological polar surface area (TPSA) is 99.4 Å². The molecule has 37 heavy (non-hydrogen) atoms. The number of anilines is 1. The molecule has 0 atom stereocenters. The Morgan fingerprint density at radius 3 is 2.32 bits per heavy atom. The Balaban J connectivity index is 1.90. The standard InChI is InChI=1S/C24H22ClF2N5O4S/c1-31-24(28-29-30-31)14-32(37(33,34)17-8-10-22(35-2)23(13-17)36-3)21-9-7-16(25)11-15(21)12-18-19(26)5-4-6-20(18)27/h4-11,13H,12,14H2,1-3H3. The van der Waals surface area contributed by atoms with Gasteiger partial charge in [-0.25, -0.2) is 21.9 Å². The van der Waals surface area contributed by atoms with Crippen LogP contribution in [0.4, 0.5) is 14.5 Å². The lowest BCUT2D eigenvalue weighted by atomic mass is 10.0. The summed E-state index contributed by atoms with van der Waals surface area (Å²) in [5.74, 6) is -0.765. The summed E-state index contributed by atoms with van der Waals surface area (Å²) in [5.41, 5.74) is 0.190. The number of ether oxygens (including phenoxy) is 2. The normalized spacial score (nSPS) is 11.4. The second-order valence-electron chi connectivity index (χ2n) is 7.90. The average molecular weight is 550 g/mol. The summed E-state index contributed by atoms with van der Waals surface area (Å²) in [6, 6.07) is 12.1. The molecule has 0 radical (unpaired) electrons. The second kappa shape index (κ2) is 10.7. The van der Waals surface area contributed by atoms with Gasteiger partial charge in [0.15, 0.2) is 17.3 Å². The third-order valence-electron chi connectivity index (χ3n) is 5.68. The van der Waals surface area contributed by atoms with E-state index in [4.69, 9.17) is 21.1 Å². The minimum Gasteiger partial charge on any atom is -0.493 e. The van der Waals surface area contributed by atoms with Crippen molar-refractivity contribution in [3.8, 4) is 11.5 Å². The van der Waals surface area contributed by atoms with E-state index in [-0.39, 0.29) is 51.3 Å². The Kier molecular flexibility index (Phi) is 7.60. The van der Waals surface area contributed by atoms with Crippen LogP contribution in [0.25, 0.3) is 0 Å². The molecule has 4 rings (SSSR count). The van der Waals surface area contributed by atoms with Crippen LogP contribution in [0.15, 0.2) is 59.5 Å². The van der Waals surface area contributed by atoms with Crippen LogP contribution in [0.3, 0.4) is 0 Å². The van der Waals surface area contributed by atoms with Gasteiger partial charge in [-0.05, 0) is 58.5 Å². The Hall–Kier alpha value is -3.77. The smallest absolute Gasteiger partial charge is 0.264 e.